The van der Waals surface area contributed by atoms with Crippen LogP contribution in [0.2, 0.25) is 0 Å². The van der Waals surface area contributed by atoms with Gasteiger partial charge in [-0.1, -0.05) is 0 Å². The number of hydrogen-bond donors (Lipinski definition) is 1. The third-order valence-corrected chi connectivity index (χ3v) is 4.14. The van der Waals surface area contributed by atoms with Crippen LogP contribution < -0.4 is 5.32 Å². The van der Waals surface area contributed by atoms with Crippen molar-refractivity contribution >= 4 is 5.97 Å². The molecule has 0 aromatic heterocycles. The summed E-state index contributed by atoms with van der Waals surface area (Å²) in [4.78, 5) is 11.9. The summed E-state index contributed by atoms with van der Waals surface area (Å²) in [6.45, 7) is 4.62. The SMILES string of the molecule is CCOC(=O)C(C)(CCOC1CCCC(OC)C1)NC. The van der Waals surface area contributed by atoms with Crippen LogP contribution in [-0.4, -0.2) is 51.1 Å². The summed E-state index contributed by atoms with van der Waals surface area (Å²) in [5.74, 6) is -0.218. The van der Waals surface area contributed by atoms with Crippen LogP contribution in [0.15, 0.2) is 0 Å². The molecule has 0 radical (unpaired) electrons. The van der Waals surface area contributed by atoms with E-state index in [-0.39, 0.29) is 12.1 Å². The number of esters is 1. The monoisotopic (exact) mass is 287 g/mol. The van der Waals surface area contributed by atoms with Gasteiger partial charge in [-0.25, -0.2) is 0 Å². The summed E-state index contributed by atoms with van der Waals surface area (Å²) in [6.07, 6.45) is 5.46. The molecule has 3 unspecified atom stereocenters. The lowest BCUT2D eigenvalue weighted by Gasteiger charge is -2.30. The quantitative estimate of drug-likeness (QED) is 0.691. The smallest absolute Gasteiger partial charge is 0.326 e. The molecule has 0 saturated heterocycles. The molecule has 1 aliphatic rings. The van der Waals surface area contributed by atoms with Crippen LogP contribution in [0.5, 0.6) is 0 Å². The van der Waals surface area contributed by atoms with Crippen molar-refractivity contribution in [3.63, 3.8) is 0 Å². The fourth-order valence-electron chi connectivity index (χ4n) is 2.52. The predicted octanol–water partition coefficient (Wildman–Crippen LogP) is 1.89. The van der Waals surface area contributed by atoms with E-state index in [0.717, 1.165) is 25.7 Å². The minimum Gasteiger partial charge on any atom is -0.465 e. The summed E-state index contributed by atoms with van der Waals surface area (Å²) in [5, 5.41) is 3.04. The van der Waals surface area contributed by atoms with Crippen LogP contribution in [0.3, 0.4) is 0 Å². The van der Waals surface area contributed by atoms with E-state index in [2.05, 4.69) is 5.32 Å². The zero-order chi connectivity index (χ0) is 15.0. The van der Waals surface area contributed by atoms with E-state index < -0.39 is 5.54 Å². The molecule has 0 aromatic rings. The van der Waals surface area contributed by atoms with E-state index in [4.69, 9.17) is 14.2 Å². The maximum absolute atomic E-state index is 11.9. The Balaban J connectivity index is 2.35. The van der Waals surface area contributed by atoms with Gasteiger partial charge in [-0.3, -0.25) is 4.79 Å². The van der Waals surface area contributed by atoms with E-state index in [9.17, 15) is 4.79 Å². The molecule has 1 aliphatic carbocycles. The lowest BCUT2D eigenvalue weighted by atomic mass is 9.94. The van der Waals surface area contributed by atoms with E-state index in [1.54, 1.807) is 14.2 Å². The lowest BCUT2D eigenvalue weighted by Crippen LogP contribution is -2.49. The summed E-state index contributed by atoms with van der Waals surface area (Å²) in [5.41, 5.74) is -0.675. The van der Waals surface area contributed by atoms with Crippen molar-refractivity contribution in [2.75, 3.05) is 27.4 Å². The van der Waals surface area contributed by atoms with Crippen LogP contribution in [0.1, 0.15) is 46.0 Å². The molecule has 1 N–H and O–H groups in total. The third-order valence-electron chi connectivity index (χ3n) is 4.14. The highest BCUT2D eigenvalue weighted by atomic mass is 16.5. The molecule has 20 heavy (non-hydrogen) atoms. The molecule has 1 saturated carbocycles. The van der Waals surface area contributed by atoms with E-state index >= 15 is 0 Å². The maximum Gasteiger partial charge on any atom is 0.326 e. The zero-order valence-electron chi connectivity index (χ0n) is 13.2. The normalized spacial score (nSPS) is 26.0. The number of methoxy groups -OCH3 is 1. The Morgan fingerprint density at radius 2 is 2.05 bits per heavy atom. The molecule has 118 valence electrons. The van der Waals surface area contributed by atoms with Gasteiger partial charge in [0.2, 0.25) is 0 Å². The Hall–Kier alpha value is -0.650. The highest BCUT2D eigenvalue weighted by molar-refractivity contribution is 5.80. The number of ether oxygens (including phenoxy) is 3. The Labute approximate surface area is 122 Å². The fraction of sp³-hybridized carbons (Fsp3) is 0.933. The second-order valence-corrected chi connectivity index (χ2v) is 5.57. The van der Waals surface area contributed by atoms with Gasteiger partial charge in [0.15, 0.2) is 0 Å². The first-order chi connectivity index (χ1) is 9.55. The molecule has 0 bridgehead atoms. The summed E-state index contributed by atoms with van der Waals surface area (Å²) < 4.78 is 16.4. The highest BCUT2D eigenvalue weighted by Crippen LogP contribution is 2.23. The molecule has 5 nitrogen and oxygen atoms in total. The minimum absolute atomic E-state index is 0.218. The zero-order valence-corrected chi connectivity index (χ0v) is 13.2. The van der Waals surface area contributed by atoms with Crippen LogP contribution in [0.4, 0.5) is 0 Å². The van der Waals surface area contributed by atoms with Crippen molar-refractivity contribution in [1.82, 2.24) is 5.32 Å². The number of carbonyl (C=O) groups is 1. The van der Waals surface area contributed by atoms with Gasteiger partial charge in [0, 0.05) is 13.7 Å². The van der Waals surface area contributed by atoms with E-state index in [1.807, 2.05) is 13.8 Å². The number of nitrogens with one attached hydrogen (secondary N) is 1. The van der Waals surface area contributed by atoms with Crippen molar-refractivity contribution in [3.05, 3.63) is 0 Å². The Morgan fingerprint density at radius 1 is 1.35 bits per heavy atom. The van der Waals surface area contributed by atoms with Gasteiger partial charge in [-0.15, -0.1) is 0 Å². The molecule has 1 rings (SSSR count). The molecule has 0 aliphatic heterocycles. The minimum atomic E-state index is -0.675. The van der Waals surface area contributed by atoms with E-state index in [1.165, 1.54) is 0 Å². The Morgan fingerprint density at radius 3 is 2.65 bits per heavy atom. The summed E-state index contributed by atoms with van der Waals surface area (Å²) in [6, 6.07) is 0. The molecule has 0 aromatic carbocycles. The Kier molecular flexibility index (Phi) is 7.48. The summed E-state index contributed by atoms with van der Waals surface area (Å²) >= 11 is 0. The van der Waals surface area contributed by atoms with Crippen LogP contribution in [-0.2, 0) is 19.0 Å². The Bertz CT molecular complexity index is 298. The van der Waals surface area contributed by atoms with Gasteiger partial charge in [-0.2, -0.15) is 0 Å². The molecular weight excluding hydrogens is 258 g/mol. The lowest BCUT2D eigenvalue weighted by molar-refractivity contribution is -0.151. The van der Waals surface area contributed by atoms with Crippen molar-refractivity contribution in [2.45, 2.75) is 63.7 Å². The van der Waals surface area contributed by atoms with Gasteiger partial charge in [-0.05, 0) is 53.0 Å². The topological polar surface area (TPSA) is 56.8 Å². The number of carbonyl (C=O) groups excluding carboxylic acids is 1. The first kappa shape index (κ1) is 17.4. The first-order valence-corrected chi connectivity index (χ1v) is 7.56. The first-order valence-electron chi connectivity index (χ1n) is 7.56. The fourth-order valence-corrected chi connectivity index (χ4v) is 2.52. The van der Waals surface area contributed by atoms with Crippen molar-refractivity contribution in [3.8, 4) is 0 Å². The average molecular weight is 287 g/mol. The average Bonchev–Trinajstić information content (AvgIpc) is 2.47. The molecule has 3 atom stereocenters. The van der Waals surface area contributed by atoms with Gasteiger partial charge < -0.3 is 19.5 Å². The number of rotatable bonds is 8. The van der Waals surface area contributed by atoms with Crippen LogP contribution in [0, 0.1) is 0 Å². The molecular formula is C15H29NO4. The van der Waals surface area contributed by atoms with Crippen LogP contribution in [0.25, 0.3) is 0 Å². The molecule has 0 spiro atoms. The molecule has 5 heteroatoms. The van der Waals surface area contributed by atoms with Gasteiger partial charge >= 0.3 is 5.97 Å². The molecule has 0 amide bonds. The summed E-state index contributed by atoms with van der Waals surface area (Å²) in [7, 11) is 3.53. The van der Waals surface area contributed by atoms with E-state index in [0.29, 0.717) is 25.7 Å². The second-order valence-electron chi connectivity index (χ2n) is 5.57. The highest BCUT2D eigenvalue weighted by Gasteiger charge is 2.33. The standard InChI is InChI=1S/C15H29NO4/c1-5-19-14(17)15(2,16-3)9-10-20-13-8-6-7-12(11-13)18-4/h12-13,16H,5-11H2,1-4H3. The second kappa shape index (κ2) is 8.60. The molecule has 0 heterocycles. The van der Waals surface area contributed by atoms with Crippen molar-refractivity contribution in [2.24, 2.45) is 0 Å². The number of likely N-dealkylation sites (N-methyl/N-ethyl adjacent to an activating group) is 1. The largest absolute Gasteiger partial charge is 0.465 e. The van der Waals surface area contributed by atoms with Crippen molar-refractivity contribution in [1.29, 1.82) is 0 Å². The third kappa shape index (κ3) is 5.04. The predicted molar refractivity (Wildman–Crippen MR) is 77.7 cm³/mol. The number of hydrogen-bond acceptors (Lipinski definition) is 5. The van der Waals surface area contributed by atoms with Crippen LogP contribution >= 0.6 is 0 Å². The van der Waals surface area contributed by atoms with Crippen molar-refractivity contribution < 1.29 is 19.0 Å². The van der Waals surface area contributed by atoms with Gasteiger partial charge in [0.1, 0.15) is 5.54 Å². The molecule has 1 fully saturated rings. The van der Waals surface area contributed by atoms with Gasteiger partial charge in [0.05, 0.1) is 18.8 Å². The maximum atomic E-state index is 11.9. The van der Waals surface area contributed by atoms with Gasteiger partial charge in [0.25, 0.3) is 0 Å².